The van der Waals surface area contributed by atoms with E-state index in [-0.39, 0.29) is 6.61 Å². The largest absolute Gasteiger partial charge is 0.360 e. The Morgan fingerprint density at radius 1 is 1.80 bits per heavy atom. The molecule has 0 rings (SSSR count). The third-order valence-electron chi connectivity index (χ3n) is 0.167. The van der Waals surface area contributed by atoms with E-state index < -0.39 is 0 Å². The van der Waals surface area contributed by atoms with Crippen molar-refractivity contribution >= 4 is 0 Å². The van der Waals surface area contributed by atoms with Gasteiger partial charge < -0.3 is 4.74 Å². The van der Waals surface area contributed by atoms with E-state index >= 15 is 0 Å². The van der Waals surface area contributed by atoms with Crippen LogP contribution < -0.4 is 0 Å². The molecule has 0 bridgehead atoms. The molecule has 2 radical (unpaired) electrons. The Morgan fingerprint density at radius 3 is 2.40 bits per heavy atom. The van der Waals surface area contributed by atoms with E-state index in [4.69, 9.17) is 0 Å². The molecule has 0 aliphatic rings. The highest BCUT2D eigenvalue weighted by Crippen LogP contribution is 1.57. The van der Waals surface area contributed by atoms with Crippen LogP contribution in [-0.4, -0.2) is 6.61 Å². The fourth-order valence-electron chi connectivity index (χ4n) is 0.0481. The van der Waals surface area contributed by atoms with Crippen LogP contribution in [0.5, 0.6) is 0 Å². The molecule has 0 unspecified atom stereocenters. The summed E-state index contributed by atoms with van der Waals surface area (Å²) >= 11 is 0. The van der Waals surface area contributed by atoms with E-state index in [2.05, 4.69) is 24.2 Å². The first-order valence-corrected chi connectivity index (χ1v) is 1.17. The Labute approximate surface area is 31.9 Å². The summed E-state index contributed by atoms with van der Waals surface area (Å²) in [5.41, 5.74) is 0. The second kappa shape index (κ2) is 3.52. The summed E-state index contributed by atoms with van der Waals surface area (Å²) in [5, 5.41) is 0. The van der Waals surface area contributed by atoms with Gasteiger partial charge in [-0.1, -0.05) is 5.92 Å². The maximum Gasteiger partial charge on any atom is 0.116 e. The van der Waals surface area contributed by atoms with E-state index in [1.165, 1.54) is 0 Å². The SMILES string of the molecule is [CH]OCC#C. The Hall–Kier alpha value is -0.480. The van der Waals surface area contributed by atoms with E-state index in [1.807, 2.05) is 0 Å². The molecule has 0 atom stereocenters. The summed E-state index contributed by atoms with van der Waals surface area (Å²) < 4.78 is 3.95. The molecule has 0 fully saturated rings. The minimum Gasteiger partial charge on any atom is -0.360 e. The molecule has 0 aromatic rings. The van der Waals surface area contributed by atoms with Crippen LogP contribution in [-0.2, 0) is 4.74 Å². The molecule has 0 N–H and O–H groups in total. The number of ether oxygens (including phenoxy) is 1. The summed E-state index contributed by atoms with van der Waals surface area (Å²) in [6, 6.07) is 0. The Balaban J connectivity index is 2.48. The van der Waals surface area contributed by atoms with Gasteiger partial charge in [-0.05, 0) is 0 Å². The number of hydrogen-bond acceptors (Lipinski definition) is 1. The minimum atomic E-state index is 0.194. The van der Waals surface area contributed by atoms with Crippen molar-refractivity contribution in [3.8, 4) is 12.3 Å². The third kappa shape index (κ3) is 3.52. The Kier molecular flexibility index (Phi) is 3.18. The van der Waals surface area contributed by atoms with Gasteiger partial charge in [-0.25, -0.2) is 0 Å². The van der Waals surface area contributed by atoms with Gasteiger partial charge in [0.25, 0.3) is 0 Å². The Morgan fingerprint density at radius 2 is 2.40 bits per heavy atom. The molecule has 0 aliphatic carbocycles. The highest BCUT2D eigenvalue weighted by atomic mass is 16.5. The van der Waals surface area contributed by atoms with Gasteiger partial charge in [-0.3, -0.25) is 0 Å². The van der Waals surface area contributed by atoms with Crippen molar-refractivity contribution in [2.24, 2.45) is 0 Å². The molecular formula is C4H4O. The summed E-state index contributed by atoms with van der Waals surface area (Å²) in [6.45, 7) is 0.194. The summed E-state index contributed by atoms with van der Waals surface area (Å²) in [7, 11) is 4.50. The van der Waals surface area contributed by atoms with Gasteiger partial charge >= 0.3 is 0 Å². The number of terminal acetylenes is 1. The van der Waals surface area contributed by atoms with Crippen LogP contribution in [0, 0.1) is 19.5 Å². The zero-order chi connectivity index (χ0) is 4.12. The molecule has 0 aromatic heterocycles. The summed E-state index contributed by atoms with van der Waals surface area (Å²) in [4.78, 5) is 0. The zero-order valence-corrected chi connectivity index (χ0v) is 2.77. The first kappa shape index (κ1) is 4.52. The quantitative estimate of drug-likeness (QED) is 0.402. The monoisotopic (exact) mass is 68.0 g/mol. The van der Waals surface area contributed by atoms with Crippen LogP contribution >= 0.6 is 0 Å². The number of rotatable bonds is 1. The lowest BCUT2D eigenvalue weighted by atomic mass is 10.8. The molecule has 0 spiro atoms. The van der Waals surface area contributed by atoms with Crippen molar-refractivity contribution < 1.29 is 4.74 Å². The van der Waals surface area contributed by atoms with Crippen LogP contribution in [0.25, 0.3) is 0 Å². The average Bonchev–Trinajstić information content (AvgIpc) is 1.41. The van der Waals surface area contributed by atoms with Crippen LogP contribution in [0.4, 0.5) is 0 Å². The fraction of sp³-hybridized carbons (Fsp3) is 0.250. The fourth-order valence-corrected chi connectivity index (χ4v) is 0.0481. The molecule has 1 nitrogen and oxygen atoms in total. The summed E-state index contributed by atoms with van der Waals surface area (Å²) in [5.74, 6) is 2.17. The number of hydrogen-bond donors (Lipinski definition) is 0. The highest BCUT2D eigenvalue weighted by molar-refractivity contribution is 4.82. The molecule has 0 saturated carbocycles. The van der Waals surface area contributed by atoms with Crippen LogP contribution in [0.1, 0.15) is 0 Å². The zero-order valence-electron chi connectivity index (χ0n) is 2.77. The van der Waals surface area contributed by atoms with Crippen LogP contribution in [0.3, 0.4) is 0 Å². The topological polar surface area (TPSA) is 9.23 Å². The van der Waals surface area contributed by atoms with Crippen molar-refractivity contribution in [3.63, 3.8) is 0 Å². The lowest BCUT2D eigenvalue weighted by Crippen LogP contribution is -1.74. The van der Waals surface area contributed by atoms with Gasteiger partial charge in [0.1, 0.15) is 13.7 Å². The molecule has 0 amide bonds. The Bertz CT molecular complexity index is 42.1. The predicted molar refractivity (Wildman–Crippen MR) is 19.1 cm³/mol. The standard InChI is InChI=1S/C4H4O/c1-3-4-5-2/h1-2H,4H2. The van der Waals surface area contributed by atoms with Crippen LogP contribution in [0.15, 0.2) is 0 Å². The lowest BCUT2D eigenvalue weighted by molar-refractivity contribution is 0.288. The van der Waals surface area contributed by atoms with E-state index in [0.29, 0.717) is 0 Å². The van der Waals surface area contributed by atoms with E-state index in [1.54, 1.807) is 0 Å². The molecule has 0 saturated heterocycles. The molecular weight excluding hydrogens is 64.0 g/mol. The van der Waals surface area contributed by atoms with Gasteiger partial charge in [0, 0.05) is 0 Å². The molecule has 0 aromatic carbocycles. The molecule has 26 valence electrons. The predicted octanol–water partition coefficient (Wildman–Crippen LogP) is 0.305. The van der Waals surface area contributed by atoms with Crippen molar-refractivity contribution in [2.75, 3.05) is 6.61 Å². The minimum absolute atomic E-state index is 0.194. The smallest absolute Gasteiger partial charge is 0.116 e. The van der Waals surface area contributed by atoms with Gasteiger partial charge in [-0.15, -0.1) is 6.42 Å². The van der Waals surface area contributed by atoms with E-state index in [9.17, 15) is 0 Å². The molecule has 0 aliphatic heterocycles. The van der Waals surface area contributed by atoms with Crippen molar-refractivity contribution in [3.05, 3.63) is 7.11 Å². The lowest BCUT2D eigenvalue weighted by Gasteiger charge is -1.75. The van der Waals surface area contributed by atoms with Gasteiger partial charge in [0.2, 0.25) is 0 Å². The second-order valence-corrected chi connectivity index (χ2v) is 0.515. The second-order valence-electron chi connectivity index (χ2n) is 0.515. The molecule has 0 heterocycles. The average molecular weight is 68.1 g/mol. The van der Waals surface area contributed by atoms with Crippen LogP contribution in [0.2, 0.25) is 0 Å². The highest BCUT2D eigenvalue weighted by Gasteiger charge is 1.58. The van der Waals surface area contributed by atoms with E-state index in [0.717, 1.165) is 0 Å². The first-order chi connectivity index (χ1) is 2.41. The van der Waals surface area contributed by atoms with Crippen molar-refractivity contribution in [2.45, 2.75) is 0 Å². The summed E-state index contributed by atoms with van der Waals surface area (Å²) in [6.07, 6.45) is 4.68. The van der Waals surface area contributed by atoms with Gasteiger partial charge in [-0.2, -0.15) is 0 Å². The maximum atomic E-state index is 4.68. The maximum absolute atomic E-state index is 4.68. The normalized spacial score (nSPS) is 6.40. The van der Waals surface area contributed by atoms with Crippen molar-refractivity contribution in [1.82, 2.24) is 0 Å². The van der Waals surface area contributed by atoms with Gasteiger partial charge in [0.15, 0.2) is 0 Å². The van der Waals surface area contributed by atoms with Crippen molar-refractivity contribution in [1.29, 1.82) is 0 Å². The first-order valence-electron chi connectivity index (χ1n) is 1.17. The molecule has 1 heteroatoms. The molecule has 5 heavy (non-hydrogen) atoms. The third-order valence-corrected chi connectivity index (χ3v) is 0.167. The van der Waals surface area contributed by atoms with Gasteiger partial charge in [0.05, 0.1) is 0 Å².